The molecule has 0 aliphatic carbocycles. The van der Waals surface area contributed by atoms with Gasteiger partial charge >= 0.3 is 39.5 Å². The maximum atomic E-state index is 13.0. The van der Waals surface area contributed by atoms with Gasteiger partial charge in [0, 0.05) is 25.7 Å². The van der Waals surface area contributed by atoms with Gasteiger partial charge in [0.05, 0.1) is 26.4 Å². The molecule has 19 heteroatoms. The number of phosphoric acid groups is 2. The third kappa shape index (κ3) is 61.6. The molecular formula is C69H134O17P2. The molecule has 0 aromatic carbocycles. The SMILES string of the molecule is CCCCCCCCCCCCCCC(=O)O[C@H](COC(=O)CCCCCCCCCCCCC)COP(=O)(O)OC[C@H](O)COP(=O)(O)OC[C@@H](COC(=O)CCCCCCCCCCC(C)CC)OC(=O)CCCCCCCCCCCCC(C)C. The second-order valence-electron chi connectivity index (χ2n) is 25.6. The van der Waals surface area contributed by atoms with Gasteiger partial charge in [-0.2, -0.15) is 0 Å². The van der Waals surface area contributed by atoms with Crippen molar-refractivity contribution < 1.29 is 80.2 Å². The first-order valence-electron chi connectivity index (χ1n) is 36.0. The largest absolute Gasteiger partial charge is 0.472 e. The Bertz CT molecular complexity index is 1720. The summed E-state index contributed by atoms with van der Waals surface area (Å²) in [5.74, 6) is -0.595. The molecule has 0 heterocycles. The molecule has 3 unspecified atom stereocenters. The van der Waals surface area contributed by atoms with Crippen LogP contribution < -0.4 is 0 Å². The van der Waals surface area contributed by atoms with E-state index in [0.29, 0.717) is 25.7 Å². The Morgan fingerprint density at radius 1 is 0.330 bits per heavy atom. The van der Waals surface area contributed by atoms with Crippen LogP contribution in [-0.4, -0.2) is 96.7 Å². The van der Waals surface area contributed by atoms with Crippen molar-refractivity contribution in [2.75, 3.05) is 39.6 Å². The lowest BCUT2D eigenvalue weighted by Crippen LogP contribution is -2.30. The van der Waals surface area contributed by atoms with Crippen molar-refractivity contribution in [2.24, 2.45) is 11.8 Å². The first-order valence-corrected chi connectivity index (χ1v) is 39.0. The third-order valence-corrected chi connectivity index (χ3v) is 18.2. The van der Waals surface area contributed by atoms with Gasteiger partial charge in [0.25, 0.3) is 0 Å². The van der Waals surface area contributed by atoms with Crippen molar-refractivity contribution in [1.82, 2.24) is 0 Å². The lowest BCUT2D eigenvalue weighted by molar-refractivity contribution is -0.161. The van der Waals surface area contributed by atoms with E-state index in [0.717, 1.165) is 102 Å². The zero-order valence-electron chi connectivity index (χ0n) is 57.0. The van der Waals surface area contributed by atoms with Crippen LogP contribution in [0.2, 0.25) is 0 Å². The van der Waals surface area contributed by atoms with E-state index in [1.807, 2.05) is 0 Å². The highest BCUT2D eigenvalue weighted by atomic mass is 31.2. The van der Waals surface area contributed by atoms with E-state index in [-0.39, 0.29) is 25.7 Å². The molecule has 0 aromatic rings. The monoisotopic (exact) mass is 1300 g/mol. The number of aliphatic hydroxyl groups excluding tert-OH is 1. The van der Waals surface area contributed by atoms with Gasteiger partial charge in [-0.25, -0.2) is 9.13 Å². The standard InChI is InChI=1S/C69H134O17P2/c1-7-10-12-14-16-18-20-22-27-35-41-47-53-68(73)85-64(57-79-66(71)51-45-39-33-26-21-19-17-15-13-11-8-2)59-83-87(75,76)81-55-63(70)56-82-88(77,78)84-60-65(58-80-67(72)52-46-40-34-30-29-32-38-44-50-62(6)9-3)86-69(74)54-48-42-36-28-24-23-25-31-37-43-49-61(4)5/h61-65,70H,7-60H2,1-6H3,(H,75,76)(H,77,78)/t62?,63-,64+,65+/m0/s1. The summed E-state index contributed by atoms with van der Waals surface area (Å²) in [6, 6.07) is 0. The number of hydrogen-bond donors (Lipinski definition) is 3. The first kappa shape index (κ1) is 86.1. The van der Waals surface area contributed by atoms with Crippen molar-refractivity contribution in [3.63, 3.8) is 0 Å². The summed E-state index contributed by atoms with van der Waals surface area (Å²) in [6.45, 7) is 9.53. The molecule has 0 saturated heterocycles. The normalized spacial score (nSPS) is 14.5. The fourth-order valence-electron chi connectivity index (χ4n) is 10.4. The van der Waals surface area contributed by atoms with Crippen molar-refractivity contribution in [1.29, 1.82) is 0 Å². The molecule has 0 aliphatic rings. The number of carbonyl (C=O) groups is 4. The van der Waals surface area contributed by atoms with Crippen LogP contribution in [0.3, 0.4) is 0 Å². The second kappa shape index (κ2) is 61.3. The average Bonchev–Trinajstić information content (AvgIpc) is 3.59. The molecule has 0 spiro atoms. The minimum Gasteiger partial charge on any atom is -0.462 e. The summed E-state index contributed by atoms with van der Waals surface area (Å²) in [5, 5.41) is 10.6. The smallest absolute Gasteiger partial charge is 0.462 e. The summed E-state index contributed by atoms with van der Waals surface area (Å²) in [5.41, 5.74) is 0. The molecule has 6 atom stereocenters. The number of hydrogen-bond acceptors (Lipinski definition) is 15. The highest BCUT2D eigenvalue weighted by Gasteiger charge is 2.30. The Morgan fingerprint density at radius 3 is 0.864 bits per heavy atom. The maximum absolute atomic E-state index is 13.0. The summed E-state index contributed by atoms with van der Waals surface area (Å²) in [7, 11) is -9.90. The molecule has 88 heavy (non-hydrogen) atoms. The summed E-state index contributed by atoms with van der Waals surface area (Å²) in [6.07, 6.45) is 45.6. The number of aliphatic hydroxyl groups is 1. The van der Waals surface area contributed by atoms with E-state index in [9.17, 15) is 43.2 Å². The van der Waals surface area contributed by atoms with E-state index < -0.39 is 97.5 Å². The number of ether oxygens (including phenoxy) is 4. The van der Waals surface area contributed by atoms with Gasteiger partial charge in [0.1, 0.15) is 19.3 Å². The Labute approximate surface area is 537 Å². The molecule has 0 bridgehead atoms. The molecule has 0 saturated carbocycles. The predicted molar refractivity (Wildman–Crippen MR) is 354 cm³/mol. The van der Waals surface area contributed by atoms with E-state index in [1.165, 1.54) is 167 Å². The number of unbranched alkanes of at least 4 members (excludes halogenated alkanes) is 37. The highest BCUT2D eigenvalue weighted by molar-refractivity contribution is 7.47. The van der Waals surface area contributed by atoms with Crippen LogP contribution in [0.25, 0.3) is 0 Å². The van der Waals surface area contributed by atoms with Gasteiger partial charge in [-0.15, -0.1) is 0 Å². The molecule has 3 N–H and O–H groups in total. The Kier molecular flexibility index (Phi) is 59.9. The molecule has 0 radical (unpaired) electrons. The van der Waals surface area contributed by atoms with Crippen LogP contribution in [0.4, 0.5) is 0 Å². The molecule has 0 aliphatic heterocycles. The fraction of sp³-hybridized carbons (Fsp3) is 0.942. The van der Waals surface area contributed by atoms with Crippen molar-refractivity contribution in [2.45, 2.75) is 368 Å². The lowest BCUT2D eigenvalue weighted by atomic mass is 9.99. The van der Waals surface area contributed by atoms with Gasteiger partial charge in [0.2, 0.25) is 0 Å². The molecule has 17 nitrogen and oxygen atoms in total. The maximum Gasteiger partial charge on any atom is 0.472 e. The first-order chi connectivity index (χ1) is 42.4. The Morgan fingerprint density at radius 2 is 0.580 bits per heavy atom. The van der Waals surface area contributed by atoms with Crippen LogP contribution in [0.15, 0.2) is 0 Å². The van der Waals surface area contributed by atoms with E-state index in [4.69, 9.17) is 37.0 Å². The topological polar surface area (TPSA) is 237 Å². The molecule has 0 fully saturated rings. The second-order valence-corrected chi connectivity index (χ2v) is 28.5. The summed E-state index contributed by atoms with van der Waals surface area (Å²) in [4.78, 5) is 72.5. The zero-order valence-corrected chi connectivity index (χ0v) is 58.8. The minimum atomic E-state index is -4.95. The van der Waals surface area contributed by atoms with Crippen LogP contribution in [0.5, 0.6) is 0 Å². The van der Waals surface area contributed by atoms with Crippen LogP contribution in [0, 0.1) is 11.8 Å². The fourth-order valence-corrected chi connectivity index (χ4v) is 12.0. The minimum absolute atomic E-state index is 0.105. The third-order valence-electron chi connectivity index (χ3n) is 16.3. The van der Waals surface area contributed by atoms with E-state index in [2.05, 4.69) is 41.5 Å². The number of rotatable bonds is 68. The molecule has 0 rings (SSSR count). The molecular weight excluding hydrogens is 1160 g/mol. The van der Waals surface area contributed by atoms with Gasteiger partial charge in [0.15, 0.2) is 12.2 Å². The number of carbonyl (C=O) groups excluding carboxylic acids is 4. The molecule has 0 amide bonds. The van der Waals surface area contributed by atoms with Crippen LogP contribution in [-0.2, 0) is 65.4 Å². The predicted octanol–water partition coefficient (Wildman–Crippen LogP) is 19.6. The van der Waals surface area contributed by atoms with Crippen LogP contribution in [0.1, 0.15) is 350 Å². The van der Waals surface area contributed by atoms with Crippen molar-refractivity contribution in [3.05, 3.63) is 0 Å². The van der Waals surface area contributed by atoms with E-state index >= 15 is 0 Å². The lowest BCUT2D eigenvalue weighted by Gasteiger charge is -2.21. The average molecular weight is 1300 g/mol. The summed E-state index contributed by atoms with van der Waals surface area (Å²) >= 11 is 0. The number of phosphoric ester groups is 2. The number of esters is 4. The molecule has 522 valence electrons. The van der Waals surface area contributed by atoms with Crippen molar-refractivity contribution >= 4 is 39.5 Å². The zero-order chi connectivity index (χ0) is 65.0. The van der Waals surface area contributed by atoms with Gasteiger partial charge < -0.3 is 33.8 Å². The Hall–Kier alpha value is -1.94. The van der Waals surface area contributed by atoms with Gasteiger partial charge in [-0.1, -0.05) is 298 Å². The highest BCUT2D eigenvalue weighted by Crippen LogP contribution is 2.45. The van der Waals surface area contributed by atoms with E-state index in [1.54, 1.807) is 0 Å². The summed E-state index contributed by atoms with van der Waals surface area (Å²) < 4.78 is 68.3. The Balaban J connectivity index is 5.26. The van der Waals surface area contributed by atoms with Gasteiger partial charge in [-0.05, 0) is 37.5 Å². The quantitative estimate of drug-likeness (QED) is 0.0222. The molecule has 0 aromatic heterocycles. The van der Waals surface area contributed by atoms with Gasteiger partial charge in [-0.3, -0.25) is 37.3 Å². The van der Waals surface area contributed by atoms with Crippen LogP contribution >= 0.6 is 15.6 Å². The van der Waals surface area contributed by atoms with Crippen molar-refractivity contribution in [3.8, 4) is 0 Å².